The molecule has 0 aliphatic heterocycles. The Morgan fingerprint density at radius 3 is 2.20 bits per heavy atom. The second kappa shape index (κ2) is 6.20. The molecule has 0 fully saturated rings. The van der Waals surface area contributed by atoms with E-state index >= 15 is 0 Å². The van der Waals surface area contributed by atoms with Crippen molar-refractivity contribution in [3.63, 3.8) is 0 Å². The van der Waals surface area contributed by atoms with Crippen LogP contribution in [0, 0.1) is 0 Å². The number of nitrogens with two attached hydrogens (primary N) is 2. The highest BCUT2D eigenvalue weighted by Gasteiger charge is 2.07. The molecule has 0 aliphatic carbocycles. The normalized spacial score (nSPS) is 11.6. The number of anilines is 3. The van der Waals surface area contributed by atoms with E-state index in [1.807, 2.05) is 6.92 Å². The minimum absolute atomic E-state index is 0. The van der Waals surface area contributed by atoms with Gasteiger partial charge in [-0.1, -0.05) is 6.92 Å². The molecule has 1 aromatic heterocycles. The van der Waals surface area contributed by atoms with E-state index in [4.69, 9.17) is 16.6 Å². The molecule has 7 nitrogen and oxygen atoms in total. The SMILES string of the molecule is CCC(CO)Nc1nc(N)nc(N)n1.Cl. The zero-order chi connectivity index (χ0) is 10.6. The number of aliphatic hydroxyl groups is 1. The lowest BCUT2D eigenvalue weighted by Crippen LogP contribution is -2.24. The van der Waals surface area contributed by atoms with Crippen molar-refractivity contribution in [1.82, 2.24) is 15.0 Å². The minimum atomic E-state index is -0.101. The van der Waals surface area contributed by atoms with Gasteiger partial charge in [0, 0.05) is 0 Å². The zero-order valence-corrected chi connectivity index (χ0v) is 9.16. The molecule has 0 saturated carbocycles. The second-order valence-corrected chi connectivity index (χ2v) is 2.81. The van der Waals surface area contributed by atoms with Crippen LogP contribution >= 0.6 is 12.4 Å². The number of hydrogen-bond acceptors (Lipinski definition) is 7. The first kappa shape index (κ1) is 13.7. The Kier molecular flexibility index (Phi) is 5.65. The van der Waals surface area contributed by atoms with Crippen molar-refractivity contribution in [2.24, 2.45) is 0 Å². The minimum Gasteiger partial charge on any atom is -0.394 e. The van der Waals surface area contributed by atoms with Crippen LogP contribution in [0.5, 0.6) is 0 Å². The summed E-state index contributed by atoms with van der Waals surface area (Å²) in [6, 6.07) is -0.101. The molecule has 1 unspecified atom stereocenters. The summed E-state index contributed by atoms with van der Waals surface area (Å²) in [6.07, 6.45) is 0.752. The molecule has 1 rings (SSSR count). The molecule has 1 aromatic rings. The van der Waals surface area contributed by atoms with Crippen molar-refractivity contribution in [3.8, 4) is 0 Å². The third-order valence-corrected chi connectivity index (χ3v) is 1.72. The van der Waals surface area contributed by atoms with Crippen LogP contribution in [0.3, 0.4) is 0 Å². The first-order chi connectivity index (χ1) is 6.65. The predicted molar refractivity (Wildman–Crippen MR) is 60.7 cm³/mol. The fourth-order valence-corrected chi connectivity index (χ4v) is 0.933. The van der Waals surface area contributed by atoms with Crippen molar-refractivity contribution in [3.05, 3.63) is 0 Å². The van der Waals surface area contributed by atoms with Crippen molar-refractivity contribution in [1.29, 1.82) is 0 Å². The van der Waals surface area contributed by atoms with Gasteiger partial charge in [0.1, 0.15) is 0 Å². The van der Waals surface area contributed by atoms with Crippen LogP contribution in [-0.2, 0) is 0 Å². The summed E-state index contributed by atoms with van der Waals surface area (Å²) in [5.74, 6) is 0.413. The van der Waals surface area contributed by atoms with Gasteiger partial charge in [0.2, 0.25) is 17.8 Å². The smallest absolute Gasteiger partial charge is 0.229 e. The molecule has 0 bridgehead atoms. The summed E-state index contributed by atoms with van der Waals surface area (Å²) >= 11 is 0. The maximum atomic E-state index is 8.93. The standard InChI is InChI=1S/C7H14N6O.ClH/c1-2-4(3-14)10-7-12-5(8)11-6(9)13-7;/h4,14H,2-3H2,1H3,(H5,8,9,10,11,12,13);1H. The van der Waals surface area contributed by atoms with Gasteiger partial charge < -0.3 is 21.9 Å². The van der Waals surface area contributed by atoms with Gasteiger partial charge in [-0.2, -0.15) is 15.0 Å². The Morgan fingerprint density at radius 1 is 1.27 bits per heavy atom. The third-order valence-electron chi connectivity index (χ3n) is 1.72. The zero-order valence-electron chi connectivity index (χ0n) is 8.34. The number of hydrogen-bond donors (Lipinski definition) is 4. The van der Waals surface area contributed by atoms with Crippen LogP contribution in [0.1, 0.15) is 13.3 Å². The Bertz CT molecular complexity index is 285. The highest BCUT2D eigenvalue weighted by Crippen LogP contribution is 2.06. The Hall–Kier alpha value is -1.34. The molecule has 0 aromatic carbocycles. The topological polar surface area (TPSA) is 123 Å². The van der Waals surface area contributed by atoms with Gasteiger partial charge in [-0.25, -0.2) is 0 Å². The van der Waals surface area contributed by atoms with E-state index in [2.05, 4.69) is 20.3 Å². The second-order valence-electron chi connectivity index (χ2n) is 2.81. The lowest BCUT2D eigenvalue weighted by Gasteiger charge is -2.13. The van der Waals surface area contributed by atoms with Gasteiger partial charge in [-0.15, -0.1) is 12.4 Å². The summed E-state index contributed by atoms with van der Waals surface area (Å²) in [5.41, 5.74) is 10.7. The van der Waals surface area contributed by atoms with Crippen LogP contribution < -0.4 is 16.8 Å². The molecule has 1 heterocycles. The molecular formula is C7H15ClN6O. The summed E-state index contributed by atoms with van der Waals surface area (Å²) in [6.45, 7) is 1.93. The third kappa shape index (κ3) is 4.13. The fraction of sp³-hybridized carbons (Fsp3) is 0.571. The van der Waals surface area contributed by atoms with E-state index in [-0.39, 0.29) is 42.9 Å². The number of nitrogens with one attached hydrogen (secondary N) is 1. The quantitative estimate of drug-likeness (QED) is 0.561. The summed E-state index contributed by atoms with van der Waals surface area (Å²) < 4.78 is 0. The molecule has 6 N–H and O–H groups in total. The lowest BCUT2D eigenvalue weighted by atomic mass is 10.2. The van der Waals surface area contributed by atoms with Crippen LogP contribution in [0.25, 0.3) is 0 Å². The van der Waals surface area contributed by atoms with Gasteiger partial charge >= 0.3 is 0 Å². The van der Waals surface area contributed by atoms with Crippen molar-refractivity contribution >= 4 is 30.3 Å². The number of aliphatic hydroxyl groups excluding tert-OH is 1. The highest BCUT2D eigenvalue weighted by molar-refractivity contribution is 5.85. The average Bonchev–Trinajstić information content (AvgIpc) is 2.12. The van der Waals surface area contributed by atoms with Gasteiger partial charge in [0.05, 0.1) is 12.6 Å². The molecule has 0 aliphatic rings. The number of aromatic nitrogens is 3. The van der Waals surface area contributed by atoms with E-state index in [1.54, 1.807) is 0 Å². The Morgan fingerprint density at radius 2 is 1.80 bits per heavy atom. The van der Waals surface area contributed by atoms with E-state index < -0.39 is 0 Å². The molecular weight excluding hydrogens is 220 g/mol. The predicted octanol–water partition coefficient (Wildman–Crippen LogP) is -0.359. The van der Waals surface area contributed by atoms with Crippen LogP contribution in [0.15, 0.2) is 0 Å². The van der Waals surface area contributed by atoms with Gasteiger partial charge in [0.25, 0.3) is 0 Å². The highest BCUT2D eigenvalue weighted by atomic mass is 35.5. The van der Waals surface area contributed by atoms with Gasteiger partial charge in [-0.3, -0.25) is 0 Å². The van der Waals surface area contributed by atoms with E-state index in [0.717, 1.165) is 6.42 Å². The average molecular weight is 235 g/mol. The first-order valence-corrected chi connectivity index (χ1v) is 4.30. The molecule has 0 spiro atoms. The van der Waals surface area contributed by atoms with Crippen LogP contribution in [0.4, 0.5) is 17.8 Å². The lowest BCUT2D eigenvalue weighted by molar-refractivity contribution is 0.271. The van der Waals surface area contributed by atoms with Crippen molar-refractivity contribution < 1.29 is 5.11 Å². The summed E-state index contributed by atoms with van der Waals surface area (Å²) in [4.78, 5) is 11.3. The van der Waals surface area contributed by atoms with E-state index in [0.29, 0.717) is 0 Å². The summed E-state index contributed by atoms with van der Waals surface area (Å²) in [7, 11) is 0. The number of halogens is 1. The van der Waals surface area contributed by atoms with Crippen LogP contribution in [0.2, 0.25) is 0 Å². The molecule has 1 atom stereocenters. The monoisotopic (exact) mass is 234 g/mol. The summed E-state index contributed by atoms with van der Waals surface area (Å²) in [5, 5.41) is 11.8. The van der Waals surface area contributed by atoms with Crippen molar-refractivity contribution in [2.45, 2.75) is 19.4 Å². The van der Waals surface area contributed by atoms with Crippen molar-refractivity contribution in [2.75, 3.05) is 23.4 Å². The van der Waals surface area contributed by atoms with Gasteiger partial charge in [-0.05, 0) is 6.42 Å². The number of rotatable bonds is 4. The molecule has 0 radical (unpaired) electrons. The van der Waals surface area contributed by atoms with E-state index in [9.17, 15) is 0 Å². The maximum Gasteiger partial charge on any atom is 0.229 e. The fourth-order valence-electron chi connectivity index (χ4n) is 0.933. The van der Waals surface area contributed by atoms with E-state index in [1.165, 1.54) is 0 Å². The van der Waals surface area contributed by atoms with Gasteiger partial charge in [0.15, 0.2) is 0 Å². The maximum absolute atomic E-state index is 8.93. The molecule has 0 saturated heterocycles. The molecule has 8 heteroatoms. The molecule has 15 heavy (non-hydrogen) atoms. The number of nitrogen functional groups attached to an aromatic ring is 2. The Labute approximate surface area is 93.7 Å². The van der Waals surface area contributed by atoms with Crippen LogP contribution in [-0.4, -0.2) is 32.7 Å². The molecule has 86 valence electrons. The first-order valence-electron chi connectivity index (χ1n) is 4.30. The Balaban J connectivity index is 0.00000196. The largest absolute Gasteiger partial charge is 0.394 e. The molecule has 0 amide bonds. The number of nitrogens with zero attached hydrogens (tertiary/aromatic N) is 3.